The van der Waals surface area contributed by atoms with Crippen LogP contribution in [0.25, 0.3) is 0 Å². The van der Waals surface area contributed by atoms with E-state index in [4.69, 9.17) is 4.42 Å². The van der Waals surface area contributed by atoms with Crippen molar-refractivity contribution in [1.29, 1.82) is 0 Å². The largest absolute Gasteiger partial charge is 0.468 e. The highest BCUT2D eigenvalue weighted by molar-refractivity contribution is 7.89. The van der Waals surface area contributed by atoms with E-state index in [9.17, 15) is 13.2 Å². The van der Waals surface area contributed by atoms with E-state index in [1.807, 2.05) is 13.8 Å². The molecule has 6 nitrogen and oxygen atoms in total. The molecule has 1 aliphatic rings. The normalized spacial score (nSPS) is 15.7. The molecular weight excluding hydrogens is 376 g/mol. The zero-order valence-electron chi connectivity index (χ0n) is 16.5. The van der Waals surface area contributed by atoms with Crippen molar-refractivity contribution in [2.24, 2.45) is 0 Å². The summed E-state index contributed by atoms with van der Waals surface area (Å²) in [5.74, 6) is 0.226. The van der Waals surface area contributed by atoms with Crippen molar-refractivity contribution in [1.82, 2.24) is 9.62 Å². The van der Waals surface area contributed by atoms with Crippen LogP contribution in [0.15, 0.2) is 45.9 Å². The molecule has 0 atom stereocenters. The zero-order chi connectivity index (χ0) is 20.1. The first-order valence-corrected chi connectivity index (χ1v) is 11.2. The van der Waals surface area contributed by atoms with Crippen molar-refractivity contribution in [3.8, 4) is 0 Å². The van der Waals surface area contributed by atoms with Gasteiger partial charge in [0, 0.05) is 6.04 Å². The topological polar surface area (TPSA) is 79.6 Å². The molecule has 1 aromatic heterocycles. The molecule has 28 heavy (non-hydrogen) atoms. The Morgan fingerprint density at radius 2 is 1.89 bits per heavy atom. The van der Waals surface area contributed by atoms with Crippen LogP contribution in [-0.2, 0) is 21.4 Å². The molecule has 0 radical (unpaired) electrons. The zero-order valence-corrected chi connectivity index (χ0v) is 17.3. The Morgan fingerprint density at radius 1 is 1.14 bits per heavy atom. The molecule has 152 valence electrons. The molecule has 0 aliphatic heterocycles. The van der Waals surface area contributed by atoms with Gasteiger partial charge in [0.25, 0.3) is 0 Å². The minimum absolute atomic E-state index is 0.0142. The van der Waals surface area contributed by atoms with Crippen molar-refractivity contribution in [2.75, 3.05) is 6.54 Å². The van der Waals surface area contributed by atoms with Gasteiger partial charge >= 0.3 is 0 Å². The van der Waals surface area contributed by atoms with Crippen LogP contribution < -0.4 is 5.32 Å². The number of hydrogen-bond donors (Lipinski definition) is 1. The Bertz CT molecular complexity index is 900. The van der Waals surface area contributed by atoms with Crippen molar-refractivity contribution in [3.05, 3.63) is 53.5 Å². The van der Waals surface area contributed by atoms with Crippen LogP contribution in [0.1, 0.15) is 49.0 Å². The molecule has 1 saturated carbocycles. The number of nitrogens with one attached hydrogen (secondary N) is 1. The van der Waals surface area contributed by atoms with Gasteiger partial charge in [0.2, 0.25) is 15.9 Å². The van der Waals surface area contributed by atoms with Crippen LogP contribution in [0.4, 0.5) is 0 Å². The predicted octanol–water partition coefficient (Wildman–Crippen LogP) is 3.54. The van der Waals surface area contributed by atoms with Gasteiger partial charge in [-0.2, -0.15) is 4.31 Å². The smallest absolute Gasteiger partial charge is 0.243 e. The van der Waals surface area contributed by atoms with Crippen LogP contribution in [0.3, 0.4) is 0 Å². The van der Waals surface area contributed by atoms with Gasteiger partial charge < -0.3 is 9.73 Å². The van der Waals surface area contributed by atoms with Gasteiger partial charge in [-0.25, -0.2) is 8.42 Å². The highest BCUT2D eigenvalue weighted by atomic mass is 32.2. The maximum absolute atomic E-state index is 13.3. The molecule has 0 unspecified atom stereocenters. The minimum atomic E-state index is -3.84. The second-order valence-electron chi connectivity index (χ2n) is 7.50. The van der Waals surface area contributed by atoms with Crippen molar-refractivity contribution in [3.63, 3.8) is 0 Å². The average molecular weight is 405 g/mol. The van der Waals surface area contributed by atoms with E-state index < -0.39 is 10.0 Å². The molecule has 3 rings (SSSR count). The van der Waals surface area contributed by atoms with E-state index >= 15 is 0 Å². The summed E-state index contributed by atoms with van der Waals surface area (Å²) in [6, 6.07) is 8.58. The fourth-order valence-electron chi connectivity index (χ4n) is 3.51. The molecule has 1 fully saturated rings. The quantitative estimate of drug-likeness (QED) is 0.765. The third-order valence-corrected chi connectivity index (χ3v) is 7.11. The van der Waals surface area contributed by atoms with E-state index in [0.717, 1.165) is 36.8 Å². The molecule has 1 aliphatic carbocycles. The number of carbonyl (C=O) groups is 1. The lowest BCUT2D eigenvalue weighted by Crippen LogP contribution is -2.44. The lowest BCUT2D eigenvalue weighted by atomic mass is 9.95. The number of nitrogens with zero attached hydrogens (tertiary/aromatic N) is 1. The first-order chi connectivity index (χ1) is 13.4. The Morgan fingerprint density at radius 3 is 2.54 bits per heavy atom. The lowest BCUT2D eigenvalue weighted by Gasteiger charge is -2.25. The van der Waals surface area contributed by atoms with Crippen LogP contribution in [0.2, 0.25) is 0 Å². The first-order valence-electron chi connectivity index (χ1n) is 9.75. The summed E-state index contributed by atoms with van der Waals surface area (Å²) in [5.41, 5.74) is 1.91. The second kappa shape index (κ2) is 8.92. The van der Waals surface area contributed by atoms with E-state index in [0.29, 0.717) is 5.76 Å². The van der Waals surface area contributed by atoms with Crippen LogP contribution >= 0.6 is 0 Å². The molecule has 1 amide bonds. The molecule has 1 N–H and O–H groups in total. The molecule has 1 heterocycles. The van der Waals surface area contributed by atoms with Gasteiger partial charge in [-0.1, -0.05) is 25.3 Å². The Hall–Kier alpha value is -2.12. The van der Waals surface area contributed by atoms with E-state index in [1.165, 1.54) is 17.0 Å². The number of carbonyl (C=O) groups excluding carboxylic acids is 1. The summed E-state index contributed by atoms with van der Waals surface area (Å²) in [6.45, 7) is 3.60. The van der Waals surface area contributed by atoms with Gasteiger partial charge in [0.15, 0.2) is 0 Å². The molecule has 0 spiro atoms. The van der Waals surface area contributed by atoms with Crippen LogP contribution in [0, 0.1) is 13.8 Å². The van der Waals surface area contributed by atoms with Gasteiger partial charge in [-0.3, -0.25) is 4.79 Å². The average Bonchev–Trinajstić information content (AvgIpc) is 3.17. The third-order valence-electron chi connectivity index (χ3n) is 5.32. The number of hydrogen-bond acceptors (Lipinski definition) is 4. The number of sulfonamides is 1. The summed E-state index contributed by atoms with van der Waals surface area (Å²) >= 11 is 0. The number of aryl methyl sites for hydroxylation is 2. The summed E-state index contributed by atoms with van der Waals surface area (Å²) in [6.07, 6.45) is 6.79. The maximum atomic E-state index is 13.3. The van der Waals surface area contributed by atoms with Gasteiger partial charge in [-0.15, -0.1) is 0 Å². The van der Waals surface area contributed by atoms with Crippen LogP contribution in [0.5, 0.6) is 0 Å². The van der Waals surface area contributed by atoms with Crippen molar-refractivity contribution < 1.29 is 17.6 Å². The van der Waals surface area contributed by atoms with E-state index in [1.54, 1.807) is 30.3 Å². The Labute approximate surface area is 167 Å². The monoisotopic (exact) mass is 404 g/mol. The van der Waals surface area contributed by atoms with E-state index in [2.05, 4.69) is 5.32 Å². The summed E-state index contributed by atoms with van der Waals surface area (Å²) in [7, 11) is -3.84. The van der Waals surface area contributed by atoms with Crippen LogP contribution in [-0.4, -0.2) is 31.2 Å². The molecule has 7 heteroatoms. The molecular formula is C21H28N2O4S. The maximum Gasteiger partial charge on any atom is 0.243 e. The fourth-order valence-corrected chi connectivity index (χ4v) is 4.95. The fraction of sp³-hybridized carbons (Fsp3) is 0.476. The molecule has 2 aromatic rings. The summed E-state index contributed by atoms with van der Waals surface area (Å²) < 4.78 is 33.0. The highest BCUT2D eigenvalue weighted by Crippen LogP contribution is 2.22. The Balaban J connectivity index is 1.81. The molecule has 0 bridgehead atoms. The standard InChI is InChI=1S/C21H28N2O4S/c1-16-10-11-20(13-17(16)2)28(25,26)23(14-19-9-6-12-27-19)15-21(24)22-18-7-4-3-5-8-18/h6,9-13,18H,3-5,7-8,14-15H2,1-2H3,(H,22,24). The molecule has 0 saturated heterocycles. The predicted molar refractivity (Wildman–Crippen MR) is 107 cm³/mol. The number of amides is 1. The number of furan rings is 1. The second-order valence-corrected chi connectivity index (χ2v) is 9.44. The SMILES string of the molecule is Cc1ccc(S(=O)(=O)N(CC(=O)NC2CCCCC2)Cc2ccco2)cc1C. The molecule has 1 aromatic carbocycles. The van der Waals surface area contributed by atoms with E-state index in [-0.39, 0.29) is 29.9 Å². The lowest BCUT2D eigenvalue weighted by molar-refractivity contribution is -0.122. The van der Waals surface area contributed by atoms with Gasteiger partial charge in [-0.05, 0) is 62.1 Å². The third kappa shape index (κ3) is 5.02. The first kappa shape index (κ1) is 20.6. The number of rotatable bonds is 7. The summed E-state index contributed by atoms with van der Waals surface area (Å²) in [4.78, 5) is 12.8. The van der Waals surface area contributed by atoms with Crippen molar-refractivity contribution >= 4 is 15.9 Å². The number of benzene rings is 1. The van der Waals surface area contributed by atoms with Crippen molar-refractivity contribution in [2.45, 2.75) is 63.4 Å². The summed E-state index contributed by atoms with van der Waals surface area (Å²) in [5, 5.41) is 3.00. The Kier molecular flexibility index (Phi) is 6.57. The highest BCUT2D eigenvalue weighted by Gasteiger charge is 2.29. The van der Waals surface area contributed by atoms with Gasteiger partial charge in [0.05, 0.1) is 24.2 Å². The van der Waals surface area contributed by atoms with Gasteiger partial charge in [0.1, 0.15) is 5.76 Å². The minimum Gasteiger partial charge on any atom is -0.468 e.